The van der Waals surface area contributed by atoms with Gasteiger partial charge in [0.25, 0.3) is 0 Å². The van der Waals surface area contributed by atoms with E-state index in [1.165, 1.54) is 0 Å². The number of anilines is 1. The van der Waals surface area contributed by atoms with Gasteiger partial charge in [-0.1, -0.05) is 30.5 Å². The van der Waals surface area contributed by atoms with E-state index >= 15 is 0 Å². The number of halogens is 1. The normalized spacial score (nSPS) is 11.9. The molecule has 1 amide bonds. The van der Waals surface area contributed by atoms with Crippen LogP contribution in [0.2, 0.25) is 5.02 Å². The first-order chi connectivity index (χ1) is 11.0. The maximum Gasteiger partial charge on any atom is 0.321 e. The topological polar surface area (TPSA) is 104 Å². The lowest BCUT2D eigenvalue weighted by Crippen LogP contribution is -2.40. The Kier molecular flexibility index (Phi) is 9.28. The number of carbonyl (C=O) groups is 2. The predicted octanol–water partition coefficient (Wildman–Crippen LogP) is 2.23. The molecule has 128 valence electrons. The van der Waals surface area contributed by atoms with Gasteiger partial charge in [-0.3, -0.25) is 9.59 Å². The number of carbonyl (C=O) groups excluding carboxylic acids is 1. The Morgan fingerprint density at radius 3 is 2.61 bits per heavy atom. The molecule has 1 atom stereocenters. The molecule has 0 fully saturated rings. The second-order valence-corrected chi connectivity index (χ2v) is 5.75. The molecule has 0 unspecified atom stereocenters. The number of benzene rings is 1. The summed E-state index contributed by atoms with van der Waals surface area (Å²) in [5.41, 5.74) is 5.96. The van der Waals surface area contributed by atoms with Crippen LogP contribution in [-0.4, -0.2) is 36.1 Å². The molecular weight excluding hydrogens is 318 g/mol. The molecule has 1 aromatic rings. The molecule has 6 nitrogen and oxygen atoms in total. The number of carboxylic acid groups (broad SMARTS) is 1. The molecule has 0 radical (unpaired) electrons. The van der Waals surface area contributed by atoms with E-state index in [4.69, 9.17) is 17.3 Å². The van der Waals surface area contributed by atoms with Crippen molar-refractivity contribution in [2.24, 2.45) is 5.73 Å². The first-order valence-corrected chi connectivity index (χ1v) is 8.12. The lowest BCUT2D eigenvalue weighted by atomic mass is 10.1. The smallest absolute Gasteiger partial charge is 0.321 e. The van der Waals surface area contributed by atoms with E-state index in [2.05, 4.69) is 10.6 Å². The van der Waals surface area contributed by atoms with Gasteiger partial charge in [0, 0.05) is 10.7 Å². The van der Waals surface area contributed by atoms with E-state index in [-0.39, 0.29) is 12.3 Å². The van der Waals surface area contributed by atoms with Crippen molar-refractivity contribution in [2.45, 2.75) is 38.1 Å². The number of nitrogens with one attached hydrogen (secondary N) is 2. The predicted molar refractivity (Wildman–Crippen MR) is 91.6 cm³/mol. The fraction of sp³-hybridized carbons (Fsp3) is 0.500. The monoisotopic (exact) mass is 341 g/mol. The highest BCUT2D eigenvalue weighted by molar-refractivity contribution is 6.30. The summed E-state index contributed by atoms with van der Waals surface area (Å²) >= 11 is 5.84. The molecule has 0 spiro atoms. The van der Waals surface area contributed by atoms with Gasteiger partial charge in [-0.2, -0.15) is 0 Å². The van der Waals surface area contributed by atoms with E-state index in [0.29, 0.717) is 23.8 Å². The average molecular weight is 342 g/mol. The number of amides is 1. The Hall–Kier alpha value is -1.63. The molecular formula is C16H24ClN3O3. The Balaban J connectivity index is 2.36. The summed E-state index contributed by atoms with van der Waals surface area (Å²) in [4.78, 5) is 23.2. The second kappa shape index (κ2) is 11.0. The standard InChI is InChI=1S/C16H24ClN3O3/c17-12-6-5-7-13(10-12)20-15(21)11-14(16(22)23)19-9-4-2-1-3-8-18/h5-7,10,14,19H,1-4,8-9,11,18H2,(H,20,21)(H,22,23)/t14-/m0/s1. The maximum atomic E-state index is 11.9. The third-order valence-electron chi connectivity index (χ3n) is 3.32. The van der Waals surface area contributed by atoms with Crippen LogP contribution in [0.3, 0.4) is 0 Å². The van der Waals surface area contributed by atoms with Crippen LogP contribution in [0, 0.1) is 0 Å². The molecule has 0 saturated carbocycles. The van der Waals surface area contributed by atoms with Gasteiger partial charge in [0.2, 0.25) is 5.91 Å². The summed E-state index contributed by atoms with van der Waals surface area (Å²) in [5, 5.41) is 15.3. The van der Waals surface area contributed by atoms with Crippen LogP contribution in [0.15, 0.2) is 24.3 Å². The molecule has 0 aromatic heterocycles. The van der Waals surface area contributed by atoms with Crippen LogP contribution >= 0.6 is 11.6 Å². The van der Waals surface area contributed by atoms with Crippen molar-refractivity contribution in [3.8, 4) is 0 Å². The molecule has 7 heteroatoms. The van der Waals surface area contributed by atoms with E-state index in [1.807, 2.05) is 0 Å². The van der Waals surface area contributed by atoms with E-state index in [9.17, 15) is 14.7 Å². The zero-order chi connectivity index (χ0) is 17.1. The molecule has 0 aliphatic carbocycles. The van der Waals surface area contributed by atoms with Crippen molar-refractivity contribution in [3.05, 3.63) is 29.3 Å². The van der Waals surface area contributed by atoms with Gasteiger partial charge in [-0.15, -0.1) is 0 Å². The van der Waals surface area contributed by atoms with Gasteiger partial charge in [0.15, 0.2) is 0 Å². The van der Waals surface area contributed by atoms with Gasteiger partial charge in [-0.05, 0) is 44.1 Å². The lowest BCUT2D eigenvalue weighted by Gasteiger charge is -2.14. The Morgan fingerprint density at radius 2 is 1.96 bits per heavy atom. The van der Waals surface area contributed by atoms with Gasteiger partial charge >= 0.3 is 5.97 Å². The third-order valence-corrected chi connectivity index (χ3v) is 3.55. The van der Waals surface area contributed by atoms with Gasteiger partial charge in [0.1, 0.15) is 6.04 Å². The maximum absolute atomic E-state index is 11.9. The number of carboxylic acids is 1. The number of hydrogen-bond acceptors (Lipinski definition) is 4. The highest BCUT2D eigenvalue weighted by Crippen LogP contribution is 2.15. The largest absolute Gasteiger partial charge is 0.480 e. The van der Waals surface area contributed by atoms with Crippen molar-refractivity contribution < 1.29 is 14.7 Å². The minimum absolute atomic E-state index is 0.134. The quantitative estimate of drug-likeness (QED) is 0.462. The summed E-state index contributed by atoms with van der Waals surface area (Å²) in [6, 6.07) is 5.82. The highest BCUT2D eigenvalue weighted by Gasteiger charge is 2.20. The summed E-state index contributed by atoms with van der Waals surface area (Å²) in [7, 11) is 0. The Labute approximate surface area is 141 Å². The van der Waals surface area contributed by atoms with Gasteiger partial charge in [0.05, 0.1) is 6.42 Å². The Morgan fingerprint density at radius 1 is 1.22 bits per heavy atom. The number of aliphatic carboxylic acids is 1. The number of nitrogens with two attached hydrogens (primary N) is 1. The number of unbranched alkanes of at least 4 members (excludes halogenated alkanes) is 3. The molecule has 1 aromatic carbocycles. The van der Waals surface area contributed by atoms with Crippen LogP contribution in [-0.2, 0) is 9.59 Å². The van der Waals surface area contributed by atoms with Gasteiger partial charge in [-0.25, -0.2) is 0 Å². The van der Waals surface area contributed by atoms with Crippen molar-refractivity contribution in [1.29, 1.82) is 0 Å². The van der Waals surface area contributed by atoms with Gasteiger partial charge < -0.3 is 21.5 Å². The third kappa shape index (κ3) is 8.54. The fourth-order valence-corrected chi connectivity index (χ4v) is 2.30. The van der Waals surface area contributed by atoms with Crippen LogP contribution < -0.4 is 16.4 Å². The van der Waals surface area contributed by atoms with Crippen LogP contribution in [0.5, 0.6) is 0 Å². The first kappa shape index (κ1) is 19.4. The minimum atomic E-state index is -1.03. The zero-order valence-corrected chi connectivity index (χ0v) is 13.8. The Bertz CT molecular complexity index is 511. The molecule has 0 aliphatic heterocycles. The first-order valence-electron chi connectivity index (χ1n) is 7.74. The van der Waals surface area contributed by atoms with Crippen molar-refractivity contribution in [3.63, 3.8) is 0 Å². The van der Waals surface area contributed by atoms with Crippen molar-refractivity contribution >= 4 is 29.2 Å². The highest BCUT2D eigenvalue weighted by atomic mass is 35.5. The lowest BCUT2D eigenvalue weighted by molar-refractivity contribution is -0.141. The summed E-state index contributed by atoms with van der Waals surface area (Å²) in [5.74, 6) is -1.40. The molecule has 0 bridgehead atoms. The second-order valence-electron chi connectivity index (χ2n) is 5.31. The van der Waals surface area contributed by atoms with Crippen molar-refractivity contribution in [1.82, 2.24) is 5.32 Å². The van der Waals surface area contributed by atoms with Crippen LogP contribution in [0.4, 0.5) is 5.69 Å². The zero-order valence-electron chi connectivity index (χ0n) is 13.1. The van der Waals surface area contributed by atoms with E-state index in [0.717, 1.165) is 25.7 Å². The minimum Gasteiger partial charge on any atom is -0.480 e. The molecule has 0 heterocycles. The average Bonchev–Trinajstić information content (AvgIpc) is 2.49. The fourth-order valence-electron chi connectivity index (χ4n) is 2.11. The van der Waals surface area contributed by atoms with E-state index < -0.39 is 12.0 Å². The van der Waals surface area contributed by atoms with Crippen LogP contribution in [0.25, 0.3) is 0 Å². The summed E-state index contributed by atoms with van der Waals surface area (Å²) < 4.78 is 0. The van der Waals surface area contributed by atoms with Crippen molar-refractivity contribution in [2.75, 3.05) is 18.4 Å². The summed E-state index contributed by atoms with van der Waals surface area (Å²) in [6.45, 7) is 1.24. The number of rotatable bonds is 11. The van der Waals surface area contributed by atoms with Crippen LogP contribution in [0.1, 0.15) is 32.1 Å². The van der Waals surface area contributed by atoms with E-state index in [1.54, 1.807) is 24.3 Å². The molecule has 5 N–H and O–H groups in total. The summed E-state index contributed by atoms with van der Waals surface area (Å²) in [6.07, 6.45) is 3.73. The molecule has 23 heavy (non-hydrogen) atoms. The molecule has 1 rings (SSSR count). The molecule has 0 saturated heterocycles. The SMILES string of the molecule is NCCCCCCN[C@@H](CC(=O)Nc1cccc(Cl)c1)C(=O)O. The number of hydrogen-bond donors (Lipinski definition) is 4. The molecule has 0 aliphatic rings.